The standard InChI is InChI=1S/C10H18O4/c1-7-8-9(12-3)10(14-7,6-11-2)4-5-13-8/h7-9H,4-6H2,1-3H3/t7-,8-,9-,10+/m0/s1. The number of hydrogen-bond donors (Lipinski definition) is 0. The number of hydrogen-bond acceptors (Lipinski definition) is 4. The van der Waals surface area contributed by atoms with Crippen LogP contribution in [-0.4, -0.2) is 51.3 Å². The predicted octanol–water partition coefficient (Wildman–Crippen LogP) is 0.594. The van der Waals surface area contributed by atoms with Crippen molar-refractivity contribution in [3.63, 3.8) is 0 Å². The summed E-state index contributed by atoms with van der Waals surface area (Å²) in [6.07, 6.45) is 1.01. The van der Waals surface area contributed by atoms with Crippen LogP contribution in [0.15, 0.2) is 0 Å². The number of ether oxygens (including phenoxy) is 4. The van der Waals surface area contributed by atoms with Gasteiger partial charge in [0.05, 0.1) is 19.3 Å². The summed E-state index contributed by atoms with van der Waals surface area (Å²) in [4.78, 5) is 0. The van der Waals surface area contributed by atoms with E-state index in [4.69, 9.17) is 18.9 Å². The Morgan fingerprint density at radius 1 is 1.43 bits per heavy atom. The van der Waals surface area contributed by atoms with Gasteiger partial charge in [0, 0.05) is 20.6 Å². The molecule has 0 aliphatic carbocycles. The van der Waals surface area contributed by atoms with Crippen LogP contribution in [0.3, 0.4) is 0 Å². The smallest absolute Gasteiger partial charge is 0.123 e. The molecule has 2 aliphatic heterocycles. The van der Waals surface area contributed by atoms with Gasteiger partial charge in [0.2, 0.25) is 0 Å². The fourth-order valence-corrected chi connectivity index (χ4v) is 2.62. The molecule has 2 heterocycles. The van der Waals surface area contributed by atoms with E-state index in [0.29, 0.717) is 6.61 Å². The van der Waals surface area contributed by atoms with Crippen LogP contribution < -0.4 is 0 Å². The van der Waals surface area contributed by atoms with Crippen molar-refractivity contribution >= 4 is 0 Å². The van der Waals surface area contributed by atoms with Crippen molar-refractivity contribution in [3.8, 4) is 0 Å². The zero-order valence-electron chi connectivity index (χ0n) is 8.99. The van der Waals surface area contributed by atoms with Crippen molar-refractivity contribution in [2.24, 2.45) is 0 Å². The normalized spacial score (nSPS) is 46.9. The highest BCUT2D eigenvalue weighted by molar-refractivity contribution is 5.05. The largest absolute Gasteiger partial charge is 0.382 e. The molecule has 0 aromatic carbocycles. The first-order chi connectivity index (χ1) is 6.73. The molecule has 2 rings (SSSR count). The Kier molecular flexibility index (Phi) is 2.79. The second kappa shape index (κ2) is 3.77. The monoisotopic (exact) mass is 202 g/mol. The number of methoxy groups -OCH3 is 2. The molecule has 0 unspecified atom stereocenters. The second-order valence-electron chi connectivity index (χ2n) is 4.06. The summed E-state index contributed by atoms with van der Waals surface area (Å²) in [5.74, 6) is 0. The highest BCUT2D eigenvalue weighted by atomic mass is 16.6. The van der Waals surface area contributed by atoms with Gasteiger partial charge in [-0.1, -0.05) is 0 Å². The minimum absolute atomic E-state index is 0.00574. The summed E-state index contributed by atoms with van der Waals surface area (Å²) in [5.41, 5.74) is -0.286. The minimum atomic E-state index is -0.286. The molecule has 0 saturated carbocycles. The molecule has 4 atom stereocenters. The lowest BCUT2D eigenvalue weighted by Crippen LogP contribution is -2.52. The average molecular weight is 202 g/mol. The first kappa shape index (κ1) is 10.4. The number of rotatable bonds is 3. The summed E-state index contributed by atoms with van der Waals surface area (Å²) in [6, 6.07) is 0. The Morgan fingerprint density at radius 3 is 2.86 bits per heavy atom. The molecule has 4 nitrogen and oxygen atoms in total. The maximum absolute atomic E-state index is 5.94. The molecular formula is C10H18O4. The van der Waals surface area contributed by atoms with E-state index in [1.54, 1.807) is 14.2 Å². The average Bonchev–Trinajstić information content (AvgIpc) is 2.30. The van der Waals surface area contributed by atoms with Crippen molar-refractivity contribution in [1.29, 1.82) is 0 Å². The Labute approximate surface area is 84.5 Å². The predicted molar refractivity (Wildman–Crippen MR) is 50.3 cm³/mol. The Balaban J connectivity index is 2.20. The summed E-state index contributed by atoms with van der Waals surface area (Å²) < 4.78 is 22.3. The van der Waals surface area contributed by atoms with Gasteiger partial charge >= 0.3 is 0 Å². The van der Waals surface area contributed by atoms with Gasteiger partial charge in [0.25, 0.3) is 0 Å². The van der Waals surface area contributed by atoms with Crippen molar-refractivity contribution in [1.82, 2.24) is 0 Å². The Hall–Kier alpha value is -0.160. The zero-order valence-corrected chi connectivity index (χ0v) is 8.99. The zero-order chi connectivity index (χ0) is 10.2. The third-order valence-electron chi connectivity index (χ3n) is 3.18. The summed E-state index contributed by atoms with van der Waals surface area (Å²) in [5, 5.41) is 0. The van der Waals surface area contributed by atoms with E-state index in [9.17, 15) is 0 Å². The van der Waals surface area contributed by atoms with Gasteiger partial charge in [-0.2, -0.15) is 0 Å². The topological polar surface area (TPSA) is 36.9 Å². The fraction of sp³-hybridized carbons (Fsp3) is 1.00. The van der Waals surface area contributed by atoms with Crippen LogP contribution in [-0.2, 0) is 18.9 Å². The van der Waals surface area contributed by atoms with Gasteiger partial charge < -0.3 is 18.9 Å². The fourth-order valence-electron chi connectivity index (χ4n) is 2.62. The highest BCUT2D eigenvalue weighted by Crippen LogP contribution is 2.41. The van der Waals surface area contributed by atoms with Gasteiger partial charge in [-0.3, -0.25) is 0 Å². The highest BCUT2D eigenvalue weighted by Gasteiger charge is 2.57. The Morgan fingerprint density at radius 2 is 2.21 bits per heavy atom. The molecule has 0 amide bonds. The van der Waals surface area contributed by atoms with Gasteiger partial charge in [0.15, 0.2) is 0 Å². The van der Waals surface area contributed by atoms with E-state index in [1.807, 2.05) is 6.92 Å². The molecule has 14 heavy (non-hydrogen) atoms. The molecule has 0 spiro atoms. The molecule has 0 radical (unpaired) electrons. The molecule has 0 N–H and O–H groups in total. The van der Waals surface area contributed by atoms with Crippen LogP contribution in [0.2, 0.25) is 0 Å². The maximum atomic E-state index is 5.94. The lowest BCUT2D eigenvalue weighted by molar-refractivity contribution is -0.156. The first-order valence-electron chi connectivity index (χ1n) is 5.04. The lowest BCUT2D eigenvalue weighted by Gasteiger charge is -2.37. The summed E-state index contributed by atoms with van der Waals surface area (Å²) >= 11 is 0. The maximum Gasteiger partial charge on any atom is 0.123 e. The third kappa shape index (κ3) is 1.37. The van der Waals surface area contributed by atoms with Crippen molar-refractivity contribution < 1.29 is 18.9 Å². The van der Waals surface area contributed by atoms with Crippen LogP contribution in [0.25, 0.3) is 0 Å². The molecule has 82 valence electrons. The van der Waals surface area contributed by atoms with E-state index in [0.717, 1.165) is 13.0 Å². The molecule has 2 bridgehead atoms. The van der Waals surface area contributed by atoms with Crippen LogP contribution in [0.1, 0.15) is 13.3 Å². The van der Waals surface area contributed by atoms with Crippen LogP contribution in [0.4, 0.5) is 0 Å². The van der Waals surface area contributed by atoms with Gasteiger partial charge in [0.1, 0.15) is 17.8 Å². The molecule has 2 saturated heterocycles. The van der Waals surface area contributed by atoms with E-state index < -0.39 is 0 Å². The Bertz CT molecular complexity index is 204. The third-order valence-corrected chi connectivity index (χ3v) is 3.18. The van der Waals surface area contributed by atoms with Crippen LogP contribution >= 0.6 is 0 Å². The van der Waals surface area contributed by atoms with Gasteiger partial charge in [-0.05, 0) is 6.92 Å². The molecular weight excluding hydrogens is 184 g/mol. The first-order valence-corrected chi connectivity index (χ1v) is 5.04. The van der Waals surface area contributed by atoms with E-state index in [-0.39, 0.29) is 23.9 Å². The number of fused-ring (bicyclic) bond motifs is 2. The summed E-state index contributed by atoms with van der Waals surface area (Å²) in [6.45, 7) is 3.34. The lowest BCUT2D eigenvalue weighted by atomic mass is 9.90. The van der Waals surface area contributed by atoms with E-state index in [2.05, 4.69) is 0 Å². The molecule has 0 aromatic rings. The minimum Gasteiger partial charge on any atom is -0.382 e. The summed E-state index contributed by atoms with van der Waals surface area (Å²) in [7, 11) is 3.40. The van der Waals surface area contributed by atoms with Gasteiger partial charge in [-0.25, -0.2) is 0 Å². The SMILES string of the molecule is COC[C@@]12CCO[C@@H]([C@H](C)O1)[C@@H]2OC. The van der Waals surface area contributed by atoms with E-state index in [1.165, 1.54) is 0 Å². The van der Waals surface area contributed by atoms with E-state index >= 15 is 0 Å². The van der Waals surface area contributed by atoms with Gasteiger partial charge in [-0.15, -0.1) is 0 Å². The second-order valence-corrected chi connectivity index (χ2v) is 4.06. The van der Waals surface area contributed by atoms with Crippen molar-refractivity contribution in [2.75, 3.05) is 27.4 Å². The van der Waals surface area contributed by atoms with Crippen molar-refractivity contribution in [2.45, 2.75) is 37.3 Å². The van der Waals surface area contributed by atoms with Crippen LogP contribution in [0, 0.1) is 0 Å². The molecule has 0 aromatic heterocycles. The molecule has 2 fully saturated rings. The molecule has 4 heteroatoms. The van der Waals surface area contributed by atoms with Crippen LogP contribution in [0.5, 0.6) is 0 Å². The molecule has 2 aliphatic rings. The van der Waals surface area contributed by atoms with Crippen molar-refractivity contribution in [3.05, 3.63) is 0 Å². The quantitative estimate of drug-likeness (QED) is 0.671.